The quantitative estimate of drug-likeness (QED) is 0.187. The van der Waals surface area contributed by atoms with Crippen LogP contribution in [-0.4, -0.2) is 14.8 Å². The zero-order valence-electron chi connectivity index (χ0n) is 16.7. The summed E-state index contributed by atoms with van der Waals surface area (Å²) in [4.78, 5) is 13.5. The first-order valence-corrected chi connectivity index (χ1v) is 12.2. The molecule has 1 aliphatic rings. The fraction of sp³-hybridized carbons (Fsp3) is 0.208. The molecular formula is C24H19N3O2S2. The second-order valence-corrected chi connectivity index (χ2v) is 9.77. The highest BCUT2D eigenvalue weighted by Crippen LogP contribution is 2.40. The molecule has 0 spiro atoms. The SMILES string of the molecule is O=c1cc(CSc2nnc(Cc3cccs3)n2C2CC2)c2c(ccc3ccccc32)o1. The maximum Gasteiger partial charge on any atom is 0.336 e. The van der Waals surface area contributed by atoms with Crippen LogP contribution in [0.1, 0.15) is 35.1 Å². The fourth-order valence-electron chi connectivity index (χ4n) is 4.07. The number of nitrogens with zero attached hydrogens (tertiary/aromatic N) is 3. The van der Waals surface area contributed by atoms with Crippen LogP contribution >= 0.6 is 23.1 Å². The second-order valence-electron chi connectivity index (χ2n) is 7.80. The molecule has 1 aliphatic carbocycles. The van der Waals surface area contributed by atoms with Gasteiger partial charge in [0.05, 0.1) is 0 Å². The second kappa shape index (κ2) is 7.66. The Kier molecular flexibility index (Phi) is 4.65. The van der Waals surface area contributed by atoms with Crippen LogP contribution in [-0.2, 0) is 12.2 Å². The lowest BCUT2D eigenvalue weighted by molar-refractivity contribution is 0.560. The van der Waals surface area contributed by atoms with Gasteiger partial charge in [0.15, 0.2) is 5.16 Å². The Labute approximate surface area is 186 Å². The highest BCUT2D eigenvalue weighted by molar-refractivity contribution is 7.98. The van der Waals surface area contributed by atoms with E-state index in [-0.39, 0.29) is 5.63 Å². The van der Waals surface area contributed by atoms with Crippen molar-refractivity contribution in [1.29, 1.82) is 0 Å². The summed E-state index contributed by atoms with van der Waals surface area (Å²) in [6, 6.07) is 18.4. The molecule has 6 rings (SSSR count). The Morgan fingerprint density at radius 1 is 1.10 bits per heavy atom. The summed E-state index contributed by atoms with van der Waals surface area (Å²) in [5.74, 6) is 1.66. The molecule has 7 heteroatoms. The predicted molar refractivity (Wildman–Crippen MR) is 125 cm³/mol. The van der Waals surface area contributed by atoms with Gasteiger partial charge in [-0.1, -0.05) is 48.2 Å². The van der Waals surface area contributed by atoms with Crippen molar-refractivity contribution in [2.24, 2.45) is 0 Å². The van der Waals surface area contributed by atoms with Crippen molar-refractivity contribution < 1.29 is 4.42 Å². The predicted octanol–water partition coefficient (Wildman–Crippen LogP) is 5.82. The average Bonchev–Trinajstić information content (AvgIpc) is 3.33. The smallest absolute Gasteiger partial charge is 0.336 e. The van der Waals surface area contributed by atoms with Crippen LogP contribution in [0, 0.1) is 0 Å². The van der Waals surface area contributed by atoms with E-state index in [2.05, 4.69) is 44.4 Å². The highest BCUT2D eigenvalue weighted by Gasteiger charge is 2.29. The van der Waals surface area contributed by atoms with Crippen LogP contribution in [0.3, 0.4) is 0 Å². The van der Waals surface area contributed by atoms with E-state index in [0.717, 1.165) is 39.1 Å². The summed E-state index contributed by atoms with van der Waals surface area (Å²) in [6.07, 6.45) is 3.15. The number of aromatic nitrogens is 3. The first-order chi connectivity index (χ1) is 15.3. The standard InChI is InChI=1S/C24H19N3O2S2/c28-22-12-16(23-19-6-2-1-4-15(19)7-10-20(23)29-22)14-31-24-26-25-21(27(24)17-8-9-17)13-18-5-3-11-30-18/h1-7,10-12,17H,8-9,13-14H2. The van der Waals surface area contributed by atoms with Gasteiger partial charge in [-0.25, -0.2) is 4.79 Å². The van der Waals surface area contributed by atoms with Gasteiger partial charge in [0.2, 0.25) is 0 Å². The monoisotopic (exact) mass is 445 g/mol. The summed E-state index contributed by atoms with van der Waals surface area (Å²) >= 11 is 3.40. The Bertz CT molecular complexity index is 1450. The van der Waals surface area contributed by atoms with Crippen molar-refractivity contribution in [2.45, 2.75) is 36.2 Å². The lowest BCUT2D eigenvalue weighted by Crippen LogP contribution is -2.04. The molecule has 5 aromatic rings. The Balaban J connectivity index is 1.37. The maximum absolute atomic E-state index is 12.2. The van der Waals surface area contributed by atoms with E-state index in [1.54, 1.807) is 29.2 Å². The molecule has 5 nitrogen and oxygen atoms in total. The van der Waals surface area contributed by atoms with Crippen molar-refractivity contribution >= 4 is 44.8 Å². The molecule has 3 heterocycles. The molecule has 0 bridgehead atoms. The number of hydrogen-bond donors (Lipinski definition) is 0. The van der Waals surface area contributed by atoms with E-state index >= 15 is 0 Å². The number of benzene rings is 2. The van der Waals surface area contributed by atoms with Crippen LogP contribution in [0.2, 0.25) is 0 Å². The Hall–Kier alpha value is -2.90. The van der Waals surface area contributed by atoms with Gasteiger partial charge >= 0.3 is 5.63 Å². The van der Waals surface area contributed by atoms with Crippen LogP contribution in [0.4, 0.5) is 0 Å². The van der Waals surface area contributed by atoms with Gasteiger partial charge in [0.25, 0.3) is 0 Å². The highest BCUT2D eigenvalue weighted by atomic mass is 32.2. The molecule has 3 aromatic heterocycles. The number of thiophene rings is 1. The topological polar surface area (TPSA) is 60.9 Å². The first-order valence-electron chi connectivity index (χ1n) is 10.3. The van der Waals surface area contributed by atoms with E-state index in [9.17, 15) is 4.79 Å². The molecule has 0 amide bonds. The van der Waals surface area contributed by atoms with Crippen molar-refractivity contribution in [3.63, 3.8) is 0 Å². The number of rotatable bonds is 6. The van der Waals surface area contributed by atoms with Gasteiger partial charge in [-0.05, 0) is 46.7 Å². The Morgan fingerprint density at radius 3 is 2.84 bits per heavy atom. The van der Waals surface area contributed by atoms with E-state index in [4.69, 9.17) is 4.42 Å². The largest absolute Gasteiger partial charge is 0.423 e. The molecule has 0 aliphatic heterocycles. The molecule has 1 fully saturated rings. The molecule has 154 valence electrons. The maximum atomic E-state index is 12.2. The molecule has 0 unspecified atom stereocenters. The summed E-state index contributed by atoms with van der Waals surface area (Å²) in [7, 11) is 0. The van der Waals surface area contributed by atoms with E-state index in [1.807, 2.05) is 24.3 Å². The van der Waals surface area contributed by atoms with Crippen molar-refractivity contribution in [1.82, 2.24) is 14.8 Å². The number of hydrogen-bond acceptors (Lipinski definition) is 6. The summed E-state index contributed by atoms with van der Waals surface area (Å²) in [5.41, 5.74) is 1.28. The number of thioether (sulfide) groups is 1. The van der Waals surface area contributed by atoms with E-state index < -0.39 is 0 Å². The lowest BCUT2D eigenvalue weighted by Gasteiger charge is -2.10. The van der Waals surface area contributed by atoms with Gasteiger partial charge in [0, 0.05) is 34.5 Å². The van der Waals surface area contributed by atoms with Crippen molar-refractivity contribution in [2.75, 3.05) is 0 Å². The van der Waals surface area contributed by atoms with E-state index in [1.165, 1.54) is 17.7 Å². The van der Waals surface area contributed by atoms with Gasteiger partial charge in [-0.2, -0.15) is 0 Å². The van der Waals surface area contributed by atoms with Gasteiger partial charge in [-0.3, -0.25) is 0 Å². The third-order valence-electron chi connectivity index (χ3n) is 5.63. The first kappa shape index (κ1) is 18.8. The minimum Gasteiger partial charge on any atom is -0.423 e. The van der Waals surface area contributed by atoms with Crippen molar-refractivity contribution in [3.05, 3.63) is 86.7 Å². The normalized spacial score (nSPS) is 13.9. The third kappa shape index (κ3) is 3.58. The van der Waals surface area contributed by atoms with Gasteiger partial charge in [-0.15, -0.1) is 21.5 Å². The molecule has 31 heavy (non-hydrogen) atoms. The minimum absolute atomic E-state index is 0.319. The van der Waals surface area contributed by atoms with E-state index in [0.29, 0.717) is 17.4 Å². The molecular weight excluding hydrogens is 426 g/mol. The summed E-state index contributed by atoms with van der Waals surface area (Å²) in [6.45, 7) is 0. The van der Waals surface area contributed by atoms with Crippen molar-refractivity contribution in [3.8, 4) is 0 Å². The third-order valence-corrected chi connectivity index (χ3v) is 7.50. The van der Waals surface area contributed by atoms with Gasteiger partial charge in [0.1, 0.15) is 11.4 Å². The fourth-order valence-corrected chi connectivity index (χ4v) is 5.78. The molecule has 0 radical (unpaired) electrons. The zero-order valence-corrected chi connectivity index (χ0v) is 18.3. The minimum atomic E-state index is -0.319. The molecule has 1 saturated carbocycles. The molecule has 2 aromatic carbocycles. The van der Waals surface area contributed by atoms with Gasteiger partial charge < -0.3 is 8.98 Å². The lowest BCUT2D eigenvalue weighted by atomic mass is 10.0. The van der Waals surface area contributed by atoms with Crippen LogP contribution in [0.5, 0.6) is 0 Å². The summed E-state index contributed by atoms with van der Waals surface area (Å²) < 4.78 is 7.80. The Morgan fingerprint density at radius 2 is 2.00 bits per heavy atom. The molecule has 0 saturated heterocycles. The summed E-state index contributed by atoms with van der Waals surface area (Å²) in [5, 5.41) is 15.3. The average molecular weight is 446 g/mol. The zero-order chi connectivity index (χ0) is 20.8. The van der Waals surface area contributed by atoms with Crippen LogP contribution in [0.25, 0.3) is 21.7 Å². The molecule has 0 atom stereocenters. The van der Waals surface area contributed by atoms with Crippen LogP contribution in [0.15, 0.2) is 74.3 Å². The molecule has 0 N–H and O–H groups in total. The number of fused-ring (bicyclic) bond motifs is 3. The van der Waals surface area contributed by atoms with Crippen LogP contribution < -0.4 is 5.63 Å².